The highest BCUT2D eigenvalue weighted by molar-refractivity contribution is 8.03. The van der Waals surface area contributed by atoms with Gasteiger partial charge >= 0.3 is 0 Å². The molecule has 0 unspecified atom stereocenters. The molecule has 0 radical (unpaired) electrons. The predicted octanol–water partition coefficient (Wildman–Crippen LogP) is 1.05. The Kier molecular flexibility index (Phi) is 13.4. The molecule has 6 heteroatoms. The average molecular weight is 291 g/mol. The van der Waals surface area contributed by atoms with Gasteiger partial charge in [0.2, 0.25) is 0 Å². The van der Waals surface area contributed by atoms with Crippen molar-refractivity contribution in [2.45, 2.75) is 13.8 Å². The molecule has 0 saturated carbocycles. The Morgan fingerprint density at radius 3 is 2.44 bits per heavy atom. The van der Waals surface area contributed by atoms with Gasteiger partial charge in [0.15, 0.2) is 0 Å². The molecule has 0 atom stereocenters. The van der Waals surface area contributed by atoms with Crippen molar-refractivity contribution in [3.8, 4) is 0 Å². The molecule has 0 aromatic heterocycles. The van der Waals surface area contributed by atoms with E-state index in [1.54, 1.807) is 18.7 Å². The zero-order valence-electron chi connectivity index (χ0n) is 11.4. The van der Waals surface area contributed by atoms with Crippen molar-refractivity contribution >= 4 is 35.0 Å². The molecular formula is C12H25N3OS2. The molecule has 0 spiro atoms. The Morgan fingerprint density at radius 2 is 1.83 bits per heavy atom. The molecule has 0 bridgehead atoms. The molecule has 18 heavy (non-hydrogen) atoms. The van der Waals surface area contributed by atoms with Gasteiger partial charge in [-0.1, -0.05) is 0 Å². The lowest BCUT2D eigenvalue weighted by atomic mass is 10.5. The number of carbonyl (C=O) groups excluding carboxylic acids is 1. The van der Waals surface area contributed by atoms with Crippen LogP contribution in [-0.4, -0.2) is 60.7 Å². The molecule has 0 rings (SSSR count). The molecule has 4 nitrogen and oxygen atoms in total. The van der Waals surface area contributed by atoms with E-state index < -0.39 is 0 Å². The lowest BCUT2D eigenvalue weighted by Crippen LogP contribution is -2.25. The molecule has 0 aliphatic carbocycles. The summed E-state index contributed by atoms with van der Waals surface area (Å²) in [6.07, 6.45) is 0. The van der Waals surface area contributed by atoms with E-state index in [-0.39, 0.29) is 5.78 Å². The van der Waals surface area contributed by atoms with Crippen LogP contribution in [0.3, 0.4) is 0 Å². The van der Waals surface area contributed by atoms with Crippen LogP contribution in [0.4, 0.5) is 0 Å². The number of nitrogens with zero attached hydrogens (tertiary/aromatic N) is 1. The topological polar surface area (TPSA) is 67.5 Å². The quantitative estimate of drug-likeness (QED) is 0.415. The van der Waals surface area contributed by atoms with Crippen LogP contribution < -0.4 is 11.1 Å². The van der Waals surface area contributed by atoms with Gasteiger partial charge in [0.1, 0.15) is 5.78 Å². The van der Waals surface area contributed by atoms with Crippen LogP contribution in [0.1, 0.15) is 13.8 Å². The van der Waals surface area contributed by atoms with E-state index in [4.69, 9.17) is 5.73 Å². The van der Waals surface area contributed by atoms with Gasteiger partial charge in [0.05, 0.1) is 12.3 Å². The van der Waals surface area contributed by atoms with Crippen molar-refractivity contribution in [1.82, 2.24) is 5.32 Å². The second-order valence-electron chi connectivity index (χ2n) is 3.96. The molecule has 3 N–H and O–H groups in total. The van der Waals surface area contributed by atoms with Crippen molar-refractivity contribution in [1.29, 1.82) is 0 Å². The molecular weight excluding hydrogens is 266 g/mol. The summed E-state index contributed by atoms with van der Waals surface area (Å²) in [5, 5.41) is 3.21. The zero-order valence-corrected chi connectivity index (χ0v) is 13.0. The number of ketones is 1. The first kappa shape index (κ1) is 18.0. The highest BCUT2D eigenvalue weighted by Gasteiger charge is 1.96. The van der Waals surface area contributed by atoms with E-state index in [2.05, 4.69) is 17.2 Å². The summed E-state index contributed by atoms with van der Waals surface area (Å²) in [6, 6.07) is 0. The molecule has 0 heterocycles. The highest BCUT2D eigenvalue weighted by Crippen LogP contribution is 2.07. The highest BCUT2D eigenvalue weighted by atomic mass is 32.2. The maximum atomic E-state index is 10.7. The monoisotopic (exact) mass is 291 g/mol. The van der Waals surface area contributed by atoms with Crippen molar-refractivity contribution < 1.29 is 4.79 Å². The molecule has 0 saturated heterocycles. The van der Waals surface area contributed by atoms with Crippen LogP contribution in [0.5, 0.6) is 0 Å². The number of nitrogens with one attached hydrogen (secondary N) is 1. The van der Waals surface area contributed by atoms with E-state index >= 15 is 0 Å². The Hall–Kier alpha value is -0.0400. The second-order valence-corrected chi connectivity index (χ2v) is 6.17. The number of Topliss-reactive ketones (excluding diaryl/α,β-unsaturated/α-hetero) is 1. The zero-order chi connectivity index (χ0) is 13.6. The first-order valence-corrected chi connectivity index (χ1v) is 8.53. The number of carbonyl (C=O) groups is 1. The van der Waals surface area contributed by atoms with Gasteiger partial charge in [-0.15, -0.1) is 0 Å². The number of hydrogen-bond donors (Lipinski definition) is 2. The molecule has 106 valence electrons. The Balaban J connectivity index is 3.32. The molecule has 0 aromatic rings. The fraction of sp³-hybridized carbons (Fsp3) is 0.833. The third-order valence-corrected chi connectivity index (χ3v) is 4.46. The van der Waals surface area contributed by atoms with Gasteiger partial charge in [-0.05, 0) is 13.8 Å². The summed E-state index contributed by atoms with van der Waals surface area (Å²) in [4.78, 5) is 15.2. The van der Waals surface area contributed by atoms with E-state index in [1.807, 2.05) is 11.8 Å². The summed E-state index contributed by atoms with van der Waals surface area (Å²) in [5.74, 6) is 4.00. The van der Waals surface area contributed by atoms with Crippen molar-refractivity contribution in [3.63, 3.8) is 0 Å². The number of thioether (sulfide) groups is 2. The average Bonchev–Trinajstić information content (AvgIpc) is 2.33. The minimum absolute atomic E-state index is 0.257. The third kappa shape index (κ3) is 14.0. The summed E-state index contributed by atoms with van der Waals surface area (Å²) in [5.41, 5.74) is 6.56. The molecule has 0 aromatic carbocycles. The van der Waals surface area contributed by atoms with Gasteiger partial charge in [0, 0.05) is 42.6 Å². The second kappa shape index (κ2) is 13.4. The van der Waals surface area contributed by atoms with Gasteiger partial charge in [-0.2, -0.15) is 23.5 Å². The minimum Gasteiger partial charge on any atom is -0.329 e. The van der Waals surface area contributed by atoms with E-state index in [1.165, 1.54) is 5.71 Å². The van der Waals surface area contributed by atoms with Crippen LogP contribution in [0, 0.1) is 0 Å². The van der Waals surface area contributed by atoms with Gasteiger partial charge in [-0.25, -0.2) is 0 Å². The molecule has 0 aliphatic rings. The fourth-order valence-electron chi connectivity index (χ4n) is 1.15. The van der Waals surface area contributed by atoms with Crippen molar-refractivity contribution in [2.24, 2.45) is 10.7 Å². The fourth-order valence-corrected chi connectivity index (χ4v) is 3.06. The SMILES string of the molecule is CC(=O)CSCCSCC(C)=NCCNCCN. The smallest absolute Gasteiger partial charge is 0.139 e. The van der Waals surface area contributed by atoms with E-state index in [0.717, 1.165) is 36.9 Å². The van der Waals surface area contributed by atoms with Crippen molar-refractivity contribution in [3.05, 3.63) is 0 Å². The first-order valence-electron chi connectivity index (χ1n) is 6.22. The lowest BCUT2D eigenvalue weighted by molar-refractivity contribution is -0.114. The molecule has 0 fully saturated rings. The summed E-state index contributed by atoms with van der Waals surface area (Å²) >= 11 is 3.59. The van der Waals surface area contributed by atoms with E-state index in [0.29, 0.717) is 12.3 Å². The molecule has 0 aliphatic heterocycles. The summed E-state index contributed by atoms with van der Waals surface area (Å²) in [7, 11) is 0. The minimum atomic E-state index is 0.257. The predicted molar refractivity (Wildman–Crippen MR) is 85.2 cm³/mol. The standard InChI is InChI=1S/C12H25N3OS2/c1-11(15-6-5-14-4-3-13)9-17-7-8-18-10-12(2)16/h14H,3-10,13H2,1-2H3. The Labute approximate surface area is 119 Å². The Bertz CT molecular complexity index is 247. The van der Waals surface area contributed by atoms with Crippen LogP contribution in [-0.2, 0) is 4.79 Å². The Morgan fingerprint density at radius 1 is 1.17 bits per heavy atom. The molecule has 0 amide bonds. The number of aliphatic imine (C=N–C) groups is 1. The summed E-state index contributed by atoms with van der Waals surface area (Å²) in [6.45, 7) is 6.96. The third-order valence-electron chi connectivity index (χ3n) is 1.98. The van der Waals surface area contributed by atoms with Crippen LogP contribution in [0.15, 0.2) is 4.99 Å². The van der Waals surface area contributed by atoms with Gasteiger partial charge in [-0.3, -0.25) is 9.79 Å². The lowest BCUT2D eigenvalue weighted by Gasteiger charge is -2.03. The number of rotatable bonds is 12. The van der Waals surface area contributed by atoms with Gasteiger partial charge < -0.3 is 11.1 Å². The van der Waals surface area contributed by atoms with Crippen LogP contribution in [0.25, 0.3) is 0 Å². The normalized spacial score (nSPS) is 11.8. The van der Waals surface area contributed by atoms with Crippen LogP contribution in [0.2, 0.25) is 0 Å². The van der Waals surface area contributed by atoms with Gasteiger partial charge in [0.25, 0.3) is 0 Å². The van der Waals surface area contributed by atoms with Crippen molar-refractivity contribution in [2.75, 3.05) is 49.2 Å². The maximum Gasteiger partial charge on any atom is 0.139 e. The maximum absolute atomic E-state index is 10.7. The summed E-state index contributed by atoms with van der Waals surface area (Å²) < 4.78 is 0. The van der Waals surface area contributed by atoms with Crippen LogP contribution >= 0.6 is 23.5 Å². The number of hydrogen-bond acceptors (Lipinski definition) is 6. The van der Waals surface area contributed by atoms with E-state index in [9.17, 15) is 4.79 Å². The number of nitrogens with two attached hydrogens (primary N) is 1. The first-order chi connectivity index (χ1) is 8.66. The largest absolute Gasteiger partial charge is 0.329 e.